The Morgan fingerprint density at radius 3 is 2.54 bits per heavy atom. The highest BCUT2D eigenvalue weighted by atomic mass is 79.9. The van der Waals surface area contributed by atoms with Crippen molar-refractivity contribution in [2.45, 2.75) is 44.6 Å². The predicted molar refractivity (Wildman–Crippen MR) is 94.9 cm³/mol. The molecule has 1 aromatic rings. The second kappa shape index (κ2) is 6.14. The lowest BCUT2D eigenvalue weighted by Gasteiger charge is -2.38. The maximum Gasteiger partial charge on any atom is 0.410 e. The number of methoxy groups -OCH3 is 1. The number of ether oxygens (including phenoxy) is 3. The minimum absolute atomic E-state index is 0.0399. The first-order chi connectivity index (χ1) is 11.3. The molecule has 0 bridgehead atoms. The van der Waals surface area contributed by atoms with Crippen molar-refractivity contribution in [1.29, 1.82) is 0 Å². The highest BCUT2D eigenvalue weighted by Crippen LogP contribution is 2.51. The molecule has 1 aromatic carbocycles. The quantitative estimate of drug-likeness (QED) is 0.714. The number of piperidine rings is 1. The summed E-state index contributed by atoms with van der Waals surface area (Å²) in [6.07, 6.45) is 1.50. The zero-order valence-corrected chi connectivity index (χ0v) is 16.2. The summed E-state index contributed by atoms with van der Waals surface area (Å²) in [5, 5.41) is 0. The first-order valence-electron chi connectivity index (χ1n) is 8.23. The topological polar surface area (TPSA) is 48.0 Å². The van der Waals surface area contributed by atoms with Crippen molar-refractivity contribution >= 4 is 22.0 Å². The standard InChI is InChI=1S/C18H24BrNO4/c1-17(2,3)24-16(21)20-9-7-18(8-10-20)11-23-14-12(18)5-6-13(19)15(14)22-4/h5-6H,7-11H2,1-4H3. The SMILES string of the molecule is COc1c(Br)ccc2c1OCC21CCN(C(=O)OC(C)(C)C)CC1. The normalized spacial score (nSPS) is 19.0. The summed E-state index contributed by atoms with van der Waals surface area (Å²) in [7, 11) is 1.65. The van der Waals surface area contributed by atoms with E-state index in [1.165, 1.54) is 5.56 Å². The van der Waals surface area contributed by atoms with Gasteiger partial charge in [-0.1, -0.05) is 6.07 Å². The molecule has 1 spiro atoms. The second-order valence-corrected chi connectivity index (χ2v) is 8.35. The summed E-state index contributed by atoms with van der Waals surface area (Å²) in [4.78, 5) is 14.1. The van der Waals surface area contributed by atoms with Crippen LogP contribution in [-0.2, 0) is 10.2 Å². The molecular weight excluding hydrogens is 374 g/mol. The van der Waals surface area contributed by atoms with Crippen LogP contribution in [0.3, 0.4) is 0 Å². The van der Waals surface area contributed by atoms with Gasteiger partial charge in [-0.05, 0) is 55.6 Å². The van der Waals surface area contributed by atoms with Crippen LogP contribution in [0, 0.1) is 0 Å². The predicted octanol–water partition coefficient (Wildman–Crippen LogP) is 4.12. The Hall–Kier alpha value is -1.43. The van der Waals surface area contributed by atoms with E-state index in [0.717, 1.165) is 28.8 Å². The number of rotatable bonds is 1. The molecule has 1 amide bonds. The highest BCUT2D eigenvalue weighted by molar-refractivity contribution is 9.10. The van der Waals surface area contributed by atoms with Gasteiger partial charge in [-0.25, -0.2) is 4.79 Å². The molecule has 132 valence electrons. The molecule has 2 heterocycles. The number of hydrogen-bond acceptors (Lipinski definition) is 4. The van der Waals surface area contributed by atoms with Gasteiger partial charge in [-0.2, -0.15) is 0 Å². The number of hydrogen-bond donors (Lipinski definition) is 0. The van der Waals surface area contributed by atoms with Crippen LogP contribution in [0.25, 0.3) is 0 Å². The van der Waals surface area contributed by atoms with E-state index in [2.05, 4.69) is 22.0 Å². The zero-order chi connectivity index (χ0) is 17.5. The minimum atomic E-state index is -0.463. The van der Waals surface area contributed by atoms with Crippen LogP contribution in [0.15, 0.2) is 16.6 Å². The van der Waals surface area contributed by atoms with Gasteiger partial charge in [-0.3, -0.25) is 0 Å². The monoisotopic (exact) mass is 397 g/mol. The fourth-order valence-electron chi connectivity index (χ4n) is 3.44. The molecule has 5 nitrogen and oxygen atoms in total. The van der Waals surface area contributed by atoms with Crippen molar-refractivity contribution in [3.05, 3.63) is 22.2 Å². The Balaban J connectivity index is 1.76. The Labute approximate surface area is 151 Å². The minimum Gasteiger partial charge on any atom is -0.492 e. The lowest BCUT2D eigenvalue weighted by atomic mass is 9.74. The van der Waals surface area contributed by atoms with Gasteiger partial charge in [0.1, 0.15) is 5.60 Å². The molecule has 0 saturated carbocycles. The molecule has 0 aromatic heterocycles. The van der Waals surface area contributed by atoms with E-state index >= 15 is 0 Å². The lowest BCUT2D eigenvalue weighted by molar-refractivity contribution is 0.0152. The van der Waals surface area contributed by atoms with Gasteiger partial charge in [0, 0.05) is 24.1 Å². The lowest BCUT2D eigenvalue weighted by Crippen LogP contribution is -2.47. The van der Waals surface area contributed by atoms with Crippen LogP contribution < -0.4 is 9.47 Å². The van der Waals surface area contributed by atoms with Crippen LogP contribution >= 0.6 is 15.9 Å². The number of amides is 1. The average Bonchev–Trinajstić information content (AvgIpc) is 2.85. The number of likely N-dealkylation sites (tertiary alicyclic amines) is 1. The molecule has 0 atom stereocenters. The molecule has 0 N–H and O–H groups in total. The summed E-state index contributed by atoms with van der Waals surface area (Å²) < 4.78 is 17.8. The van der Waals surface area contributed by atoms with Crippen LogP contribution in [0.4, 0.5) is 4.79 Å². The largest absolute Gasteiger partial charge is 0.492 e. The van der Waals surface area contributed by atoms with E-state index in [1.54, 1.807) is 12.0 Å². The number of carbonyl (C=O) groups excluding carboxylic acids is 1. The van der Waals surface area contributed by atoms with Crippen molar-refractivity contribution < 1.29 is 19.0 Å². The molecule has 1 fully saturated rings. The average molecular weight is 398 g/mol. The maximum atomic E-state index is 12.3. The van der Waals surface area contributed by atoms with Crippen LogP contribution in [-0.4, -0.2) is 43.4 Å². The van der Waals surface area contributed by atoms with Crippen LogP contribution in [0.2, 0.25) is 0 Å². The molecule has 1 saturated heterocycles. The molecule has 24 heavy (non-hydrogen) atoms. The summed E-state index contributed by atoms with van der Waals surface area (Å²) in [6, 6.07) is 4.12. The van der Waals surface area contributed by atoms with Gasteiger partial charge in [0.25, 0.3) is 0 Å². The number of halogens is 1. The molecule has 0 radical (unpaired) electrons. The summed E-state index contributed by atoms with van der Waals surface area (Å²) in [5.74, 6) is 1.58. The summed E-state index contributed by atoms with van der Waals surface area (Å²) in [6.45, 7) is 7.66. The number of carbonyl (C=O) groups is 1. The van der Waals surface area contributed by atoms with Crippen LogP contribution in [0.1, 0.15) is 39.2 Å². The molecule has 0 unspecified atom stereocenters. The van der Waals surface area contributed by atoms with Gasteiger partial charge in [0.2, 0.25) is 0 Å². The van der Waals surface area contributed by atoms with Gasteiger partial charge in [0.15, 0.2) is 11.5 Å². The fourth-order valence-corrected chi connectivity index (χ4v) is 3.91. The van der Waals surface area contributed by atoms with Crippen molar-refractivity contribution in [1.82, 2.24) is 4.90 Å². The Kier molecular flexibility index (Phi) is 4.45. The van der Waals surface area contributed by atoms with E-state index < -0.39 is 5.60 Å². The molecule has 2 aliphatic rings. The number of fused-ring (bicyclic) bond motifs is 2. The molecular formula is C18H24BrNO4. The van der Waals surface area contributed by atoms with Crippen molar-refractivity contribution in [3.8, 4) is 11.5 Å². The van der Waals surface area contributed by atoms with Gasteiger partial charge >= 0.3 is 6.09 Å². The van der Waals surface area contributed by atoms with Crippen molar-refractivity contribution in [3.63, 3.8) is 0 Å². The van der Waals surface area contributed by atoms with Crippen molar-refractivity contribution in [2.75, 3.05) is 26.8 Å². The molecule has 0 aliphatic carbocycles. The highest BCUT2D eigenvalue weighted by Gasteiger charge is 2.45. The van der Waals surface area contributed by atoms with Crippen LogP contribution in [0.5, 0.6) is 11.5 Å². The number of nitrogens with zero attached hydrogens (tertiary/aromatic N) is 1. The zero-order valence-electron chi connectivity index (χ0n) is 14.6. The second-order valence-electron chi connectivity index (χ2n) is 7.49. The van der Waals surface area contributed by atoms with Gasteiger partial charge in [0.05, 0.1) is 18.2 Å². The summed E-state index contributed by atoms with van der Waals surface area (Å²) >= 11 is 3.50. The van der Waals surface area contributed by atoms with E-state index in [0.29, 0.717) is 19.7 Å². The molecule has 6 heteroatoms. The van der Waals surface area contributed by atoms with E-state index in [4.69, 9.17) is 14.2 Å². The number of benzene rings is 1. The van der Waals surface area contributed by atoms with Crippen molar-refractivity contribution in [2.24, 2.45) is 0 Å². The third-order valence-corrected chi connectivity index (χ3v) is 5.33. The maximum absolute atomic E-state index is 12.3. The third kappa shape index (κ3) is 3.08. The first kappa shape index (κ1) is 17.4. The van der Waals surface area contributed by atoms with E-state index in [9.17, 15) is 4.79 Å². The third-order valence-electron chi connectivity index (χ3n) is 4.70. The molecule has 2 aliphatic heterocycles. The Morgan fingerprint density at radius 1 is 1.29 bits per heavy atom. The Morgan fingerprint density at radius 2 is 1.96 bits per heavy atom. The Bertz CT molecular complexity index is 645. The fraction of sp³-hybridized carbons (Fsp3) is 0.611. The smallest absolute Gasteiger partial charge is 0.410 e. The first-order valence-corrected chi connectivity index (χ1v) is 9.03. The van der Waals surface area contributed by atoms with E-state index in [1.807, 2.05) is 26.8 Å². The summed E-state index contributed by atoms with van der Waals surface area (Å²) in [5.41, 5.74) is 0.683. The molecule has 3 rings (SSSR count). The van der Waals surface area contributed by atoms with Gasteiger partial charge in [-0.15, -0.1) is 0 Å². The van der Waals surface area contributed by atoms with Gasteiger partial charge < -0.3 is 19.1 Å². The van der Waals surface area contributed by atoms with E-state index in [-0.39, 0.29) is 11.5 Å².